The van der Waals surface area contributed by atoms with Crippen LogP contribution in [-0.4, -0.2) is 26.2 Å². The number of rotatable bonds is 12. The normalized spacial score (nSPS) is 10.4. The van der Waals surface area contributed by atoms with Gasteiger partial charge in [0.2, 0.25) is 0 Å². The van der Waals surface area contributed by atoms with Crippen molar-refractivity contribution in [3.05, 3.63) is 59.7 Å². The highest BCUT2D eigenvalue weighted by atomic mass is 16.5. The highest BCUT2D eigenvalue weighted by Crippen LogP contribution is 2.33. The molecule has 0 bridgehead atoms. The van der Waals surface area contributed by atoms with Crippen molar-refractivity contribution < 1.29 is 24.1 Å². The van der Waals surface area contributed by atoms with E-state index in [9.17, 15) is 9.90 Å². The lowest BCUT2D eigenvalue weighted by molar-refractivity contribution is 0.0997. The fraction of sp³-hybridized carbons (Fsp3) is 0.348. The lowest BCUT2D eigenvalue weighted by Crippen LogP contribution is -2.14. The summed E-state index contributed by atoms with van der Waals surface area (Å²) in [6.07, 6.45) is 4.40. The Morgan fingerprint density at radius 2 is 1.79 bits per heavy atom. The largest absolute Gasteiger partial charge is 0.495 e. The van der Waals surface area contributed by atoms with E-state index >= 15 is 0 Å². The van der Waals surface area contributed by atoms with Crippen molar-refractivity contribution in [3.8, 4) is 23.0 Å². The first-order valence-electron chi connectivity index (χ1n) is 9.68. The summed E-state index contributed by atoms with van der Waals surface area (Å²) in [5.74, 6) is 1.11. The predicted molar refractivity (Wildman–Crippen MR) is 112 cm³/mol. The molecule has 0 atom stereocenters. The second-order valence-electron chi connectivity index (χ2n) is 6.51. The number of benzene rings is 2. The summed E-state index contributed by atoms with van der Waals surface area (Å²) in [7, 11) is 1.49. The monoisotopic (exact) mass is 398 g/mol. The smallest absolute Gasteiger partial charge is 0.252 e. The Hall–Kier alpha value is -3.15. The number of allylic oxidation sites excluding steroid dienone is 1. The molecule has 2 rings (SSSR count). The number of amides is 1. The van der Waals surface area contributed by atoms with Crippen LogP contribution in [0.1, 0.15) is 41.3 Å². The lowest BCUT2D eigenvalue weighted by atomic mass is 10.0. The van der Waals surface area contributed by atoms with Gasteiger partial charge in [0.15, 0.2) is 5.75 Å². The molecule has 2 N–H and O–H groups in total. The third-order valence-corrected chi connectivity index (χ3v) is 4.43. The first-order chi connectivity index (χ1) is 14.0. The van der Waals surface area contributed by atoms with E-state index in [2.05, 4.69) is 6.58 Å². The molecule has 0 aliphatic rings. The minimum atomic E-state index is -0.560. The maximum absolute atomic E-state index is 12.0. The van der Waals surface area contributed by atoms with Crippen LogP contribution in [0.4, 0.5) is 0 Å². The Balaban J connectivity index is 2.00. The third kappa shape index (κ3) is 5.67. The zero-order valence-electron chi connectivity index (χ0n) is 17.0. The Bertz CT molecular complexity index is 847. The Morgan fingerprint density at radius 1 is 1.10 bits per heavy atom. The van der Waals surface area contributed by atoms with E-state index in [0.29, 0.717) is 55.3 Å². The van der Waals surface area contributed by atoms with Crippen LogP contribution in [0.25, 0.3) is 0 Å². The second kappa shape index (κ2) is 11.0. The molecule has 0 fully saturated rings. The molecule has 0 aromatic heterocycles. The zero-order valence-corrected chi connectivity index (χ0v) is 17.0. The van der Waals surface area contributed by atoms with Crippen molar-refractivity contribution in [2.45, 2.75) is 32.6 Å². The molecule has 6 heteroatoms. The molecule has 0 saturated carbocycles. The van der Waals surface area contributed by atoms with Gasteiger partial charge in [-0.1, -0.05) is 25.5 Å². The number of methoxy groups -OCH3 is 1. The summed E-state index contributed by atoms with van der Waals surface area (Å²) >= 11 is 0. The van der Waals surface area contributed by atoms with Gasteiger partial charge in [-0.25, -0.2) is 0 Å². The predicted octanol–water partition coefficient (Wildman–Crippen LogP) is 4.47. The molecular formula is C23H28NO5. The van der Waals surface area contributed by atoms with Gasteiger partial charge in [0.25, 0.3) is 5.91 Å². The summed E-state index contributed by atoms with van der Waals surface area (Å²) in [6.45, 7) is 6.61. The van der Waals surface area contributed by atoms with Crippen LogP contribution in [-0.2, 0) is 17.9 Å². The van der Waals surface area contributed by atoms with E-state index in [1.165, 1.54) is 7.11 Å². The summed E-state index contributed by atoms with van der Waals surface area (Å²) in [5, 5.41) is 12.0. The van der Waals surface area contributed by atoms with Crippen molar-refractivity contribution in [1.82, 2.24) is 0 Å². The molecule has 0 unspecified atom stereocenters. The van der Waals surface area contributed by atoms with Crippen molar-refractivity contribution in [3.63, 3.8) is 0 Å². The number of carbonyl (C=O) groups excluding carboxylic acids is 1. The van der Waals surface area contributed by atoms with Crippen LogP contribution < -0.4 is 19.9 Å². The van der Waals surface area contributed by atoms with E-state index < -0.39 is 5.91 Å². The summed E-state index contributed by atoms with van der Waals surface area (Å²) < 4.78 is 17.1. The van der Waals surface area contributed by atoms with Crippen LogP contribution in [0.2, 0.25) is 0 Å². The van der Waals surface area contributed by atoms with Gasteiger partial charge in [0.1, 0.15) is 17.2 Å². The van der Waals surface area contributed by atoms with Crippen LogP contribution in [0.3, 0.4) is 0 Å². The maximum atomic E-state index is 12.0. The van der Waals surface area contributed by atoms with Gasteiger partial charge in [0.05, 0.1) is 25.9 Å². The number of nitrogens with two attached hydrogens (primary N) is 1. The number of primary amides is 1. The summed E-state index contributed by atoms with van der Waals surface area (Å²) in [6, 6.07) is 8.40. The molecule has 2 aromatic rings. The number of hydrogen-bond donors (Lipinski definition) is 1. The highest BCUT2D eigenvalue weighted by Gasteiger charge is 2.17. The van der Waals surface area contributed by atoms with Crippen molar-refractivity contribution in [1.29, 1.82) is 0 Å². The average Bonchev–Trinajstić information content (AvgIpc) is 2.70. The van der Waals surface area contributed by atoms with Gasteiger partial charge in [0, 0.05) is 17.5 Å². The van der Waals surface area contributed by atoms with Gasteiger partial charge in [-0.05, 0) is 37.1 Å². The van der Waals surface area contributed by atoms with Gasteiger partial charge >= 0.3 is 0 Å². The lowest BCUT2D eigenvalue weighted by Gasteiger charge is -2.16. The van der Waals surface area contributed by atoms with Crippen LogP contribution in [0.5, 0.6) is 23.0 Å². The number of hydrogen-bond acceptors (Lipinski definition) is 4. The zero-order chi connectivity index (χ0) is 21.2. The molecule has 155 valence electrons. The Kier molecular flexibility index (Phi) is 8.40. The molecule has 0 spiro atoms. The standard InChI is InChI=1S/C23H28NO5/c1-4-8-16-19(25)10-6-11-20(16)28-14-7-15-29-21-13-12-18(23(24)26)22(27-3)17(21)9-5-2/h5-6,10-13H,2,4,7-9,14-15H2,1,3H3,(H2,24,26). The topological polar surface area (TPSA) is 90.7 Å². The molecule has 0 aliphatic heterocycles. The Morgan fingerprint density at radius 3 is 2.38 bits per heavy atom. The van der Waals surface area contributed by atoms with Crippen molar-refractivity contribution in [2.75, 3.05) is 20.3 Å². The minimum absolute atomic E-state index is 0.0105. The van der Waals surface area contributed by atoms with Crippen LogP contribution >= 0.6 is 0 Å². The van der Waals surface area contributed by atoms with Crippen LogP contribution in [0, 0.1) is 0 Å². The van der Waals surface area contributed by atoms with Gasteiger partial charge in [-0.2, -0.15) is 0 Å². The summed E-state index contributed by atoms with van der Waals surface area (Å²) in [5.41, 5.74) is 7.17. The van der Waals surface area contributed by atoms with E-state index in [0.717, 1.165) is 17.5 Å². The molecule has 29 heavy (non-hydrogen) atoms. The van der Waals surface area contributed by atoms with E-state index in [1.807, 2.05) is 13.0 Å². The average molecular weight is 398 g/mol. The highest BCUT2D eigenvalue weighted by molar-refractivity contribution is 5.96. The molecule has 1 radical (unpaired) electrons. The SMILES string of the molecule is C=CCc1c(OCCCOc2cccc([O])c2CCC)ccc(C(N)=O)c1OC. The quantitative estimate of drug-likeness (QED) is 0.422. The second-order valence-corrected chi connectivity index (χ2v) is 6.51. The van der Waals surface area contributed by atoms with Crippen molar-refractivity contribution in [2.24, 2.45) is 5.73 Å². The summed E-state index contributed by atoms with van der Waals surface area (Å²) in [4.78, 5) is 11.6. The third-order valence-electron chi connectivity index (χ3n) is 4.43. The minimum Gasteiger partial charge on any atom is -0.495 e. The molecular weight excluding hydrogens is 370 g/mol. The van der Waals surface area contributed by atoms with Gasteiger partial charge < -0.3 is 19.9 Å². The molecule has 2 aromatic carbocycles. The van der Waals surface area contributed by atoms with E-state index in [1.54, 1.807) is 30.3 Å². The van der Waals surface area contributed by atoms with E-state index in [4.69, 9.17) is 19.9 Å². The number of carbonyl (C=O) groups is 1. The van der Waals surface area contributed by atoms with Crippen molar-refractivity contribution >= 4 is 5.91 Å². The molecule has 1 amide bonds. The van der Waals surface area contributed by atoms with Crippen LogP contribution in [0.15, 0.2) is 43.0 Å². The molecule has 0 heterocycles. The first kappa shape index (κ1) is 22.1. The Labute approximate surface area is 171 Å². The fourth-order valence-corrected chi connectivity index (χ4v) is 3.11. The maximum Gasteiger partial charge on any atom is 0.252 e. The number of ether oxygens (including phenoxy) is 3. The first-order valence-corrected chi connectivity index (χ1v) is 9.68. The molecule has 0 aliphatic carbocycles. The van der Waals surface area contributed by atoms with Gasteiger partial charge in [-0.15, -0.1) is 6.58 Å². The van der Waals surface area contributed by atoms with Gasteiger partial charge in [-0.3, -0.25) is 9.90 Å². The molecule has 6 nitrogen and oxygen atoms in total. The fourth-order valence-electron chi connectivity index (χ4n) is 3.11. The molecule has 0 saturated heterocycles. The van der Waals surface area contributed by atoms with E-state index in [-0.39, 0.29) is 5.75 Å².